The Kier molecular flexibility index (Phi) is 12.1. The zero-order valence-corrected chi connectivity index (χ0v) is 14.5. The number of ether oxygens (including phenoxy) is 1. The Balaban J connectivity index is 4.69. The van der Waals surface area contributed by atoms with Crippen molar-refractivity contribution in [3.63, 3.8) is 0 Å². The molecule has 0 saturated heterocycles. The van der Waals surface area contributed by atoms with Gasteiger partial charge in [0, 0.05) is 26.2 Å². The van der Waals surface area contributed by atoms with E-state index in [-0.39, 0.29) is 39.3 Å². The van der Waals surface area contributed by atoms with Crippen LogP contribution in [0.2, 0.25) is 0 Å². The number of nitrogens with one attached hydrogen (secondary N) is 1. The third-order valence-corrected chi connectivity index (χ3v) is 3.04. The molecular weight excluding hydrogens is 370 g/mol. The van der Waals surface area contributed by atoms with Crippen molar-refractivity contribution in [1.82, 2.24) is 15.1 Å². The van der Waals surface area contributed by atoms with Crippen LogP contribution in [0.4, 0.5) is 0 Å². The van der Waals surface area contributed by atoms with Gasteiger partial charge in [-0.05, 0) is 0 Å². The molecule has 0 aromatic carbocycles. The summed E-state index contributed by atoms with van der Waals surface area (Å²) in [6, 6.07) is 0. The zero-order chi connectivity index (χ0) is 20.8. The summed E-state index contributed by atoms with van der Waals surface area (Å²) < 4.78 is 4.52. The van der Waals surface area contributed by atoms with Crippen molar-refractivity contribution in [2.24, 2.45) is 0 Å². The molecule has 0 radical (unpaired) electrons. The third-order valence-electron chi connectivity index (χ3n) is 3.04. The molecular formula is C14H23N3O10. The molecule has 27 heavy (non-hydrogen) atoms. The minimum atomic E-state index is -1.33. The summed E-state index contributed by atoms with van der Waals surface area (Å²) in [5.41, 5.74) is 0. The molecule has 0 saturated carbocycles. The van der Waals surface area contributed by atoms with Gasteiger partial charge >= 0.3 is 29.8 Å². The molecule has 0 unspecified atom stereocenters. The third kappa shape index (κ3) is 15.2. The molecule has 154 valence electrons. The van der Waals surface area contributed by atoms with Crippen LogP contribution in [0.25, 0.3) is 0 Å². The van der Waals surface area contributed by atoms with Crippen LogP contribution in [0.15, 0.2) is 0 Å². The fourth-order valence-corrected chi connectivity index (χ4v) is 1.95. The van der Waals surface area contributed by atoms with Gasteiger partial charge in [0.15, 0.2) is 6.61 Å². The highest BCUT2D eigenvalue weighted by molar-refractivity contribution is 5.76. The Morgan fingerprint density at radius 3 is 1.74 bits per heavy atom. The van der Waals surface area contributed by atoms with Crippen molar-refractivity contribution < 1.29 is 49.1 Å². The Bertz CT molecular complexity index is 523. The minimum Gasteiger partial charge on any atom is -0.480 e. The fraction of sp³-hybridized carbons (Fsp3) is 0.643. The van der Waals surface area contributed by atoms with Gasteiger partial charge in [-0.1, -0.05) is 0 Å². The van der Waals surface area contributed by atoms with E-state index in [9.17, 15) is 24.0 Å². The van der Waals surface area contributed by atoms with Gasteiger partial charge in [0.05, 0.1) is 26.2 Å². The molecule has 0 bridgehead atoms. The molecule has 0 aromatic heterocycles. The second-order valence-corrected chi connectivity index (χ2v) is 5.40. The molecule has 0 aliphatic carbocycles. The first kappa shape index (κ1) is 24.2. The van der Waals surface area contributed by atoms with Crippen molar-refractivity contribution >= 4 is 29.8 Å². The number of carboxylic acids is 4. The summed E-state index contributed by atoms with van der Waals surface area (Å²) in [5, 5.41) is 37.3. The lowest BCUT2D eigenvalue weighted by Crippen LogP contribution is -2.44. The van der Waals surface area contributed by atoms with Crippen LogP contribution in [-0.2, 0) is 28.7 Å². The van der Waals surface area contributed by atoms with E-state index in [0.29, 0.717) is 0 Å². The quantitative estimate of drug-likeness (QED) is 0.132. The van der Waals surface area contributed by atoms with Crippen molar-refractivity contribution in [1.29, 1.82) is 0 Å². The number of nitrogens with zero attached hydrogens (tertiary/aromatic N) is 2. The van der Waals surface area contributed by atoms with E-state index in [4.69, 9.17) is 20.4 Å². The highest BCUT2D eigenvalue weighted by atomic mass is 16.5. The SMILES string of the molecule is O=C(O)CNCCN(CCN(CC(=O)O)CC(=O)O)CC(=O)OCC(=O)O. The summed E-state index contributed by atoms with van der Waals surface area (Å²) in [4.78, 5) is 56.7. The van der Waals surface area contributed by atoms with Crippen LogP contribution in [0, 0.1) is 0 Å². The summed E-state index contributed by atoms with van der Waals surface area (Å²) in [5.74, 6) is -5.67. The first-order valence-corrected chi connectivity index (χ1v) is 7.78. The first-order chi connectivity index (χ1) is 12.6. The first-order valence-electron chi connectivity index (χ1n) is 7.78. The fourth-order valence-electron chi connectivity index (χ4n) is 1.95. The predicted molar refractivity (Wildman–Crippen MR) is 87.3 cm³/mol. The number of hydrogen-bond acceptors (Lipinski definition) is 9. The lowest BCUT2D eigenvalue weighted by atomic mass is 10.3. The van der Waals surface area contributed by atoms with E-state index in [1.165, 1.54) is 4.90 Å². The molecule has 13 heteroatoms. The Morgan fingerprint density at radius 2 is 1.26 bits per heavy atom. The lowest BCUT2D eigenvalue weighted by molar-refractivity contribution is -0.155. The summed E-state index contributed by atoms with van der Waals surface area (Å²) >= 11 is 0. The van der Waals surface area contributed by atoms with Gasteiger partial charge in [-0.15, -0.1) is 0 Å². The molecule has 0 fully saturated rings. The van der Waals surface area contributed by atoms with Gasteiger partial charge in [0.25, 0.3) is 0 Å². The van der Waals surface area contributed by atoms with Crippen LogP contribution in [0.1, 0.15) is 0 Å². The highest BCUT2D eigenvalue weighted by Crippen LogP contribution is 1.95. The highest BCUT2D eigenvalue weighted by Gasteiger charge is 2.17. The van der Waals surface area contributed by atoms with E-state index in [1.807, 2.05) is 0 Å². The molecule has 0 aliphatic rings. The van der Waals surface area contributed by atoms with Gasteiger partial charge < -0.3 is 30.5 Å². The van der Waals surface area contributed by atoms with E-state index < -0.39 is 49.5 Å². The van der Waals surface area contributed by atoms with Crippen LogP contribution in [0.5, 0.6) is 0 Å². The molecule has 5 N–H and O–H groups in total. The van der Waals surface area contributed by atoms with E-state index in [1.54, 1.807) is 0 Å². The minimum absolute atomic E-state index is 0.00371. The molecule has 0 aliphatic heterocycles. The molecule has 13 nitrogen and oxygen atoms in total. The zero-order valence-electron chi connectivity index (χ0n) is 14.5. The normalized spacial score (nSPS) is 10.7. The molecule has 0 aromatic rings. The average Bonchev–Trinajstić information content (AvgIpc) is 2.52. The smallest absolute Gasteiger partial charge is 0.341 e. The van der Waals surface area contributed by atoms with Gasteiger partial charge in [0.1, 0.15) is 0 Å². The molecule has 0 amide bonds. The van der Waals surface area contributed by atoms with Crippen LogP contribution >= 0.6 is 0 Å². The second-order valence-electron chi connectivity index (χ2n) is 5.40. The number of esters is 1. The van der Waals surface area contributed by atoms with Gasteiger partial charge in [-0.2, -0.15) is 0 Å². The van der Waals surface area contributed by atoms with Gasteiger partial charge in [0.2, 0.25) is 0 Å². The molecule has 0 heterocycles. The average molecular weight is 393 g/mol. The summed E-state index contributed by atoms with van der Waals surface area (Å²) in [7, 11) is 0. The summed E-state index contributed by atoms with van der Waals surface area (Å²) in [6.07, 6.45) is 0. The Morgan fingerprint density at radius 1 is 0.704 bits per heavy atom. The topological polar surface area (TPSA) is 194 Å². The largest absolute Gasteiger partial charge is 0.480 e. The lowest BCUT2D eigenvalue weighted by Gasteiger charge is -2.25. The number of aliphatic carboxylic acids is 4. The standard InChI is InChI=1S/C14H23N3O10/c18-10(19)5-15-1-2-16(8-14(26)27-9-13(24)25)3-4-17(6-11(20)21)7-12(22)23/h15H,1-9H2,(H,18,19)(H,20,21)(H,22,23)(H,24,25). The number of rotatable bonds is 16. The molecule has 0 rings (SSSR count). The number of carbonyl (C=O) groups is 5. The maximum absolute atomic E-state index is 11.7. The monoisotopic (exact) mass is 393 g/mol. The predicted octanol–water partition coefficient (Wildman–Crippen LogP) is -2.94. The second kappa shape index (κ2) is 13.4. The molecule has 0 spiro atoms. The van der Waals surface area contributed by atoms with E-state index >= 15 is 0 Å². The number of carboxylic acid groups (broad SMARTS) is 4. The Labute approximate surface area is 154 Å². The summed E-state index contributed by atoms with van der Waals surface area (Å²) in [6.45, 7) is -2.03. The van der Waals surface area contributed by atoms with Crippen molar-refractivity contribution in [3.05, 3.63) is 0 Å². The van der Waals surface area contributed by atoms with Crippen molar-refractivity contribution in [2.75, 3.05) is 59.0 Å². The van der Waals surface area contributed by atoms with Crippen molar-refractivity contribution in [3.8, 4) is 0 Å². The maximum atomic E-state index is 11.7. The molecule has 0 atom stereocenters. The maximum Gasteiger partial charge on any atom is 0.341 e. The van der Waals surface area contributed by atoms with E-state index in [0.717, 1.165) is 4.90 Å². The number of carbonyl (C=O) groups excluding carboxylic acids is 1. The van der Waals surface area contributed by atoms with E-state index in [2.05, 4.69) is 10.1 Å². The van der Waals surface area contributed by atoms with Gasteiger partial charge in [-0.3, -0.25) is 29.0 Å². The van der Waals surface area contributed by atoms with Crippen LogP contribution < -0.4 is 5.32 Å². The van der Waals surface area contributed by atoms with Crippen molar-refractivity contribution in [2.45, 2.75) is 0 Å². The van der Waals surface area contributed by atoms with Crippen LogP contribution in [0.3, 0.4) is 0 Å². The van der Waals surface area contributed by atoms with Crippen LogP contribution in [-0.4, -0.2) is 119 Å². The number of hydrogen-bond donors (Lipinski definition) is 5. The Hall–Kier alpha value is -2.77. The van der Waals surface area contributed by atoms with Gasteiger partial charge in [-0.25, -0.2) is 4.79 Å².